The Balaban J connectivity index is 1.65. The van der Waals surface area contributed by atoms with Crippen molar-refractivity contribution in [1.82, 2.24) is 15.3 Å². The number of pyridine rings is 2. The third-order valence-electron chi connectivity index (χ3n) is 6.14. The molecule has 12 heteroatoms. The van der Waals surface area contributed by atoms with Gasteiger partial charge < -0.3 is 25.9 Å². The fourth-order valence-electron chi connectivity index (χ4n) is 4.21. The third kappa shape index (κ3) is 5.88. The van der Waals surface area contributed by atoms with E-state index in [-0.39, 0.29) is 36.2 Å². The summed E-state index contributed by atoms with van der Waals surface area (Å²) in [6, 6.07) is 3.97. The summed E-state index contributed by atoms with van der Waals surface area (Å²) in [5.41, 5.74) is 7.26. The van der Waals surface area contributed by atoms with E-state index >= 15 is 0 Å². The number of alkyl halides is 2. The van der Waals surface area contributed by atoms with Crippen LogP contribution in [0, 0.1) is 17.1 Å². The van der Waals surface area contributed by atoms with Crippen LogP contribution in [0.1, 0.15) is 31.2 Å². The SMILES string of the molecule is N=CC1(NC(=O)[C@@H]2CCC(=C(N)c3cncc(OC(F)F)c3)C(=Nc3ccc(F)cn3)C2)CCOC1. The summed E-state index contributed by atoms with van der Waals surface area (Å²) in [5.74, 6) is -1.15. The molecule has 0 aromatic carbocycles. The fraction of sp³-hybridized carbons (Fsp3) is 0.375. The third-order valence-corrected chi connectivity index (χ3v) is 6.14. The number of nitrogens with one attached hydrogen (secondary N) is 2. The van der Waals surface area contributed by atoms with Crippen molar-refractivity contribution in [3.05, 3.63) is 53.7 Å². The number of allylic oxidation sites excluding steroid dienone is 1. The molecular weight excluding hydrogens is 477 g/mol. The topological polar surface area (TPSA) is 136 Å². The number of amides is 1. The molecule has 4 N–H and O–H groups in total. The average molecular weight is 502 g/mol. The molecule has 2 atom stereocenters. The number of hydrogen-bond acceptors (Lipinski definition) is 8. The Kier molecular flexibility index (Phi) is 7.63. The second-order valence-corrected chi connectivity index (χ2v) is 8.61. The van der Waals surface area contributed by atoms with Crippen LogP contribution in [0.4, 0.5) is 19.0 Å². The Hall–Kier alpha value is -3.80. The van der Waals surface area contributed by atoms with Gasteiger partial charge in [0.05, 0.1) is 24.5 Å². The second kappa shape index (κ2) is 10.9. The van der Waals surface area contributed by atoms with E-state index in [9.17, 15) is 18.0 Å². The molecule has 1 unspecified atom stereocenters. The minimum absolute atomic E-state index is 0.145. The number of ether oxygens (including phenoxy) is 2. The second-order valence-electron chi connectivity index (χ2n) is 8.61. The molecule has 2 fully saturated rings. The summed E-state index contributed by atoms with van der Waals surface area (Å²) >= 11 is 0. The van der Waals surface area contributed by atoms with Crippen molar-refractivity contribution in [1.29, 1.82) is 5.41 Å². The monoisotopic (exact) mass is 502 g/mol. The van der Waals surface area contributed by atoms with Crippen LogP contribution in [0.2, 0.25) is 0 Å². The first-order valence-corrected chi connectivity index (χ1v) is 11.3. The van der Waals surface area contributed by atoms with Crippen LogP contribution in [0.25, 0.3) is 5.70 Å². The number of aliphatic imine (C=N–C) groups is 1. The van der Waals surface area contributed by atoms with Crippen LogP contribution in [0.15, 0.2) is 47.4 Å². The summed E-state index contributed by atoms with van der Waals surface area (Å²) < 4.78 is 48.5. The van der Waals surface area contributed by atoms with Gasteiger partial charge in [-0.1, -0.05) is 0 Å². The highest BCUT2D eigenvalue weighted by Gasteiger charge is 2.38. The van der Waals surface area contributed by atoms with Gasteiger partial charge in [0.15, 0.2) is 5.82 Å². The molecule has 2 aromatic heterocycles. The van der Waals surface area contributed by atoms with E-state index in [4.69, 9.17) is 15.9 Å². The minimum Gasteiger partial charge on any atom is -0.433 e. The molecule has 1 amide bonds. The lowest BCUT2D eigenvalue weighted by molar-refractivity contribution is -0.126. The van der Waals surface area contributed by atoms with Crippen LogP contribution < -0.4 is 15.8 Å². The first-order valence-electron chi connectivity index (χ1n) is 11.3. The lowest BCUT2D eigenvalue weighted by atomic mass is 9.81. The van der Waals surface area contributed by atoms with Gasteiger partial charge in [0.2, 0.25) is 5.91 Å². The molecule has 3 heterocycles. The van der Waals surface area contributed by atoms with E-state index in [1.54, 1.807) is 0 Å². The van der Waals surface area contributed by atoms with Crippen molar-refractivity contribution >= 4 is 29.3 Å². The van der Waals surface area contributed by atoms with E-state index < -0.39 is 23.9 Å². The summed E-state index contributed by atoms with van der Waals surface area (Å²) in [6.07, 6.45) is 6.31. The number of hydrogen-bond donors (Lipinski definition) is 3. The van der Waals surface area contributed by atoms with Crippen LogP contribution in [-0.2, 0) is 9.53 Å². The molecule has 190 valence electrons. The van der Waals surface area contributed by atoms with Crippen LogP contribution in [0.5, 0.6) is 5.75 Å². The van der Waals surface area contributed by atoms with Crippen molar-refractivity contribution in [2.24, 2.45) is 16.6 Å². The van der Waals surface area contributed by atoms with Crippen molar-refractivity contribution in [2.75, 3.05) is 13.2 Å². The maximum atomic E-state index is 13.4. The lowest BCUT2D eigenvalue weighted by Gasteiger charge is -2.30. The van der Waals surface area contributed by atoms with E-state index in [0.29, 0.717) is 42.7 Å². The molecule has 0 radical (unpaired) electrons. The molecule has 1 aliphatic carbocycles. The molecule has 1 saturated heterocycles. The molecule has 9 nitrogen and oxygen atoms in total. The molecule has 1 saturated carbocycles. The van der Waals surface area contributed by atoms with E-state index in [1.807, 2.05) is 0 Å². The van der Waals surface area contributed by atoms with Gasteiger partial charge in [0.25, 0.3) is 0 Å². The number of carbonyl (C=O) groups excluding carboxylic acids is 1. The van der Waals surface area contributed by atoms with Crippen LogP contribution in [-0.4, -0.2) is 53.2 Å². The molecule has 4 rings (SSSR count). The molecular formula is C24H25F3N6O3. The predicted molar refractivity (Wildman–Crippen MR) is 126 cm³/mol. The molecule has 0 spiro atoms. The maximum Gasteiger partial charge on any atom is 0.387 e. The number of aromatic nitrogens is 2. The number of halogens is 3. The zero-order valence-corrected chi connectivity index (χ0v) is 19.2. The zero-order valence-electron chi connectivity index (χ0n) is 19.2. The fourth-order valence-corrected chi connectivity index (χ4v) is 4.21. The number of nitrogens with zero attached hydrogens (tertiary/aromatic N) is 3. The van der Waals surface area contributed by atoms with Gasteiger partial charge in [-0.15, -0.1) is 0 Å². The molecule has 0 bridgehead atoms. The Bertz CT molecular complexity index is 1180. The standard InChI is InChI=1S/C24H25F3N6O3/c25-16-2-4-20(31-10-16)32-19-8-14(22(34)33-24(12-28)5-6-35-13-24)1-3-18(19)21(29)15-7-17(11-30-9-15)36-23(26)27/h2,4,7,9-12,14,23,28H,1,3,5-6,8,13,29H2,(H,33,34)/t14-,24?/m1/s1. The minimum atomic E-state index is -3.01. The van der Waals surface area contributed by atoms with Crippen molar-refractivity contribution in [3.63, 3.8) is 0 Å². The summed E-state index contributed by atoms with van der Waals surface area (Å²) in [6.45, 7) is -2.33. The molecule has 1 aliphatic heterocycles. The van der Waals surface area contributed by atoms with Crippen molar-refractivity contribution < 1.29 is 27.4 Å². The van der Waals surface area contributed by atoms with Gasteiger partial charge in [-0.05, 0) is 36.6 Å². The summed E-state index contributed by atoms with van der Waals surface area (Å²) in [4.78, 5) is 25.6. The largest absolute Gasteiger partial charge is 0.433 e. The van der Waals surface area contributed by atoms with E-state index in [2.05, 4.69) is 25.0 Å². The van der Waals surface area contributed by atoms with Gasteiger partial charge >= 0.3 is 6.61 Å². The van der Waals surface area contributed by atoms with Crippen LogP contribution >= 0.6 is 0 Å². The van der Waals surface area contributed by atoms with E-state index in [1.165, 1.54) is 30.6 Å². The first-order chi connectivity index (χ1) is 17.3. The Labute approximate surface area is 205 Å². The molecule has 2 aliphatic rings. The number of rotatable bonds is 7. The quantitative estimate of drug-likeness (QED) is 0.497. The highest BCUT2D eigenvalue weighted by molar-refractivity contribution is 6.09. The van der Waals surface area contributed by atoms with Gasteiger partial charge in [-0.2, -0.15) is 8.78 Å². The maximum absolute atomic E-state index is 13.4. The Morgan fingerprint density at radius 1 is 1.36 bits per heavy atom. The van der Waals surface area contributed by atoms with Gasteiger partial charge in [-0.25, -0.2) is 14.4 Å². The van der Waals surface area contributed by atoms with Crippen molar-refractivity contribution in [2.45, 2.75) is 37.8 Å². The predicted octanol–water partition coefficient (Wildman–Crippen LogP) is 3.38. The Morgan fingerprint density at radius 3 is 2.86 bits per heavy atom. The summed E-state index contributed by atoms with van der Waals surface area (Å²) in [7, 11) is 0. The highest BCUT2D eigenvalue weighted by atomic mass is 19.3. The summed E-state index contributed by atoms with van der Waals surface area (Å²) in [5, 5.41) is 10.7. The van der Waals surface area contributed by atoms with Crippen molar-refractivity contribution in [3.8, 4) is 5.75 Å². The number of carbonyl (C=O) groups is 1. The normalized spacial score (nSPS) is 24.6. The smallest absolute Gasteiger partial charge is 0.387 e. The molecule has 36 heavy (non-hydrogen) atoms. The van der Waals surface area contributed by atoms with Gasteiger partial charge in [0.1, 0.15) is 11.6 Å². The average Bonchev–Trinajstić information content (AvgIpc) is 3.33. The van der Waals surface area contributed by atoms with E-state index in [0.717, 1.165) is 12.4 Å². The Morgan fingerprint density at radius 2 is 2.19 bits per heavy atom. The number of nitrogens with two attached hydrogens (primary N) is 1. The zero-order chi connectivity index (χ0) is 25.7. The first kappa shape index (κ1) is 25.3. The lowest BCUT2D eigenvalue weighted by Crippen LogP contribution is -2.52. The molecule has 2 aromatic rings. The van der Waals surface area contributed by atoms with Crippen LogP contribution in [0.3, 0.4) is 0 Å². The van der Waals surface area contributed by atoms with Gasteiger partial charge in [0, 0.05) is 54.8 Å². The highest BCUT2D eigenvalue weighted by Crippen LogP contribution is 2.33. The van der Waals surface area contributed by atoms with Gasteiger partial charge in [-0.3, -0.25) is 9.78 Å².